The van der Waals surface area contributed by atoms with Crippen molar-refractivity contribution in [3.8, 4) is 0 Å². The molecule has 6 nitrogen and oxygen atoms in total. The van der Waals surface area contributed by atoms with E-state index < -0.39 is 6.03 Å². The summed E-state index contributed by atoms with van der Waals surface area (Å²) in [6.07, 6.45) is 1.90. The van der Waals surface area contributed by atoms with E-state index in [1.165, 1.54) is 0 Å². The predicted octanol–water partition coefficient (Wildman–Crippen LogP) is 0.139. The van der Waals surface area contributed by atoms with Gasteiger partial charge < -0.3 is 11.1 Å². The number of carbonyl (C=O) groups excluding carboxylic acids is 2. The lowest BCUT2D eigenvalue weighted by Gasteiger charge is -2.36. The van der Waals surface area contributed by atoms with Gasteiger partial charge in [0.1, 0.15) is 0 Å². The van der Waals surface area contributed by atoms with Crippen molar-refractivity contribution in [2.45, 2.75) is 26.7 Å². The summed E-state index contributed by atoms with van der Waals surface area (Å²) in [6.45, 7) is 7.38. The molecule has 6 heteroatoms. The van der Waals surface area contributed by atoms with E-state index in [1.807, 2.05) is 6.92 Å². The van der Waals surface area contributed by atoms with E-state index in [1.54, 1.807) is 0 Å². The zero-order valence-corrected chi connectivity index (χ0v) is 11.9. The molecule has 2 atom stereocenters. The Morgan fingerprint density at radius 2 is 2.16 bits per heavy atom. The molecule has 0 aliphatic carbocycles. The Bertz CT molecular complexity index is 309. The smallest absolute Gasteiger partial charge is 0.321 e. The van der Waals surface area contributed by atoms with Crippen LogP contribution in [0, 0.1) is 11.8 Å². The fourth-order valence-electron chi connectivity index (χ4n) is 2.33. The van der Waals surface area contributed by atoms with Crippen molar-refractivity contribution in [2.24, 2.45) is 17.6 Å². The van der Waals surface area contributed by atoms with Gasteiger partial charge in [-0.05, 0) is 37.8 Å². The zero-order chi connectivity index (χ0) is 14.3. The van der Waals surface area contributed by atoms with E-state index >= 15 is 0 Å². The van der Waals surface area contributed by atoms with Gasteiger partial charge in [0, 0.05) is 13.1 Å². The molecule has 0 aromatic carbocycles. The minimum absolute atomic E-state index is 0.251. The third-order valence-electron chi connectivity index (χ3n) is 3.66. The first-order chi connectivity index (χ1) is 9.06. The summed E-state index contributed by atoms with van der Waals surface area (Å²) >= 11 is 0. The Hall–Kier alpha value is -1.14. The number of urea groups is 1. The lowest BCUT2D eigenvalue weighted by Crippen LogP contribution is -2.49. The molecule has 1 fully saturated rings. The maximum Gasteiger partial charge on any atom is 0.321 e. The summed E-state index contributed by atoms with van der Waals surface area (Å²) in [7, 11) is 0. The molecular weight excluding hydrogens is 244 g/mol. The van der Waals surface area contributed by atoms with Crippen molar-refractivity contribution in [3.05, 3.63) is 0 Å². The molecule has 4 N–H and O–H groups in total. The van der Waals surface area contributed by atoms with Gasteiger partial charge >= 0.3 is 6.03 Å². The third kappa shape index (κ3) is 5.57. The van der Waals surface area contributed by atoms with Gasteiger partial charge in [-0.25, -0.2) is 4.79 Å². The first kappa shape index (κ1) is 15.9. The highest BCUT2D eigenvalue weighted by atomic mass is 16.2. The second kappa shape index (κ2) is 8.12. The Morgan fingerprint density at radius 1 is 1.42 bits per heavy atom. The Kier molecular flexibility index (Phi) is 6.80. The lowest BCUT2D eigenvalue weighted by molar-refractivity contribution is -0.121. The summed E-state index contributed by atoms with van der Waals surface area (Å²) in [5.41, 5.74) is 5.73. The summed E-state index contributed by atoms with van der Waals surface area (Å²) < 4.78 is 0. The van der Waals surface area contributed by atoms with Gasteiger partial charge in [0.25, 0.3) is 0 Å². The third-order valence-corrected chi connectivity index (χ3v) is 3.66. The molecule has 1 aliphatic rings. The molecule has 0 aromatic rings. The van der Waals surface area contributed by atoms with E-state index in [4.69, 9.17) is 5.73 Å². The Morgan fingerprint density at radius 3 is 2.79 bits per heavy atom. The maximum absolute atomic E-state index is 11.7. The largest absolute Gasteiger partial charge is 0.338 e. The molecule has 1 saturated heterocycles. The van der Waals surface area contributed by atoms with Gasteiger partial charge in [-0.1, -0.05) is 13.8 Å². The Labute approximate surface area is 115 Å². The number of rotatable bonds is 5. The number of nitrogens with zero attached hydrogens (tertiary/aromatic N) is 1. The van der Waals surface area contributed by atoms with Gasteiger partial charge in [0.05, 0.1) is 6.54 Å². The van der Waals surface area contributed by atoms with Gasteiger partial charge in [-0.3, -0.25) is 15.0 Å². The molecule has 110 valence electrons. The molecule has 0 saturated carbocycles. The molecule has 2 unspecified atom stereocenters. The highest BCUT2D eigenvalue weighted by Crippen LogP contribution is 2.21. The summed E-state index contributed by atoms with van der Waals surface area (Å²) in [5.74, 6) is 0.798. The summed E-state index contributed by atoms with van der Waals surface area (Å²) in [5, 5.41) is 4.96. The highest BCUT2D eigenvalue weighted by molar-refractivity contribution is 5.95. The molecule has 1 aliphatic heterocycles. The molecule has 0 radical (unpaired) electrons. The normalized spacial score (nSPS) is 23.9. The molecule has 1 rings (SSSR count). The molecule has 0 spiro atoms. The van der Waals surface area contributed by atoms with Crippen LogP contribution in [0.5, 0.6) is 0 Å². The topological polar surface area (TPSA) is 87.5 Å². The van der Waals surface area contributed by atoms with Crippen molar-refractivity contribution >= 4 is 11.9 Å². The van der Waals surface area contributed by atoms with Gasteiger partial charge in [-0.2, -0.15) is 0 Å². The summed E-state index contributed by atoms with van der Waals surface area (Å²) in [6, 6.07) is -0.410. The van der Waals surface area contributed by atoms with Crippen molar-refractivity contribution in [2.75, 3.05) is 32.7 Å². The van der Waals surface area contributed by atoms with Crippen molar-refractivity contribution in [1.82, 2.24) is 15.5 Å². The average molecular weight is 270 g/mol. The van der Waals surface area contributed by atoms with Crippen LogP contribution in [0.1, 0.15) is 26.7 Å². The number of nitrogens with two attached hydrogens (primary N) is 1. The first-order valence-corrected chi connectivity index (χ1v) is 7.06. The lowest BCUT2D eigenvalue weighted by atomic mass is 9.87. The minimum atomic E-state index is -0.410. The van der Waals surface area contributed by atoms with Crippen LogP contribution in [0.2, 0.25) is 0 Å². The standard InChI is InChI=1S/C13H26N4O2/c1-3-5-15-13(19)16-12(18)9-17-6-4-10(2)11(7-14)8-17/h10-11H,3-9,14H2,1-2H3,(H2,15,16,18,19). The van der Waals surface area contributed by atoms with Crippen LogP contribution < -0.4 is 16.4 Å². The Balaban J connectivity index is 2.30. The number of hydrogen-bond acceptors (Lipinski definition) is 4. The van der Waals surface area contributed by atoms with Crippen LogP contribution in [0.4, 0.5) is 4.79 Å². The van der Waals surface area contributed by atoms with Gasteiger partial charge in [-0.15, -0.1) is 0 Å². The number of nitrogens with one attached hydrogen (secondary N) is 2. The number of piperidine rings is 1. The fraction of sp³-hybridized carbons (Fsp3) is 0.846. The molecule has 19 heavy (non-hydrogen) atoms. The number of hydrogen-bond donors (Lipinski definition) is 3. The van der Waals surface area contributed by atoms with Crippen molar-refractivity contribution in [1.29, 1.82) is 0 Å². The van der Waals surface area contributed by atoms with Crippen LogP contribution in [0.15, 0.2) is 0 Å². The van der Waals surface area contributed by atoms with E-state index in [0.717, 1.165) is 25.9 Å². The van der Waals surface area contributed by atoms with Crippen LogP contribution in [-0.4, -0.2) is 49.6 Å². The fourth-order valence-corrected chi connectivity index (χ4v) is 2.33. The van der Waals surface area contributed by atoms with E-state index in [9.17, 15) is 9.59 Å². The molecule has 3 amide bonds. The maximum atomic E-state index is 11.7. The van der Waals surface area contributed by atoms with Crippen LogP contribution in [-0.2, 0) is 4.79 Å². The molecule has 0 aromatic heterocycles. The average Bonchev–Trinajstić information content (AvgIpc) is 2.38. The number of likely N-dealkylation sites (tertiary alicyclic amines) is 1. The second-order valence-corrected chi connectivity index (χ2v) is 5.30. The monoisotopic (exact) mass is 270 g/mol. The molecular formula is C13H26N4O2. The zero-order valence-electron chi connectivity index (χ0n) is 11.9. The molecule has 1 heterocycles. The number of amides is 3. The molecule has 0 bridgehead atoms. The van der Waals surface area contributed by atoms with Crippen LogP contribution in [0.3, 0.4) is 0 Å². The van der Waals surface area contributed by atoms with E-state index in [0.29, 0.717) is 24.9 Å². The number of carbonyl (C=O) groups is 2. The van der Waals surface area contributed by atoms with E-state index in [-0.39, 0.29) is 12.5 Å². The number of imide groups is 1. The van der Waals surface area contributed by atoms with E-state index in [2.05, 4.69) is 22.5 Å². The van der Waals surface area contributed by atoms with Gasteiger partial charge in [0.15, 0.2) is 0 Å². The quantitative estimate of drug-likeness (QED) is 0.663. The predicted molar refractivity (Wildman–Crippen MR) is 74.6 cm³/mol. The second-order valence-electron chi connectivity index (χ2n) is 5.30. The van der Waals surface area contributed by atoms with Crippen molar-refractivity contribution < 1.29 is 9.59 Å². The SMILES string of the molecule is CCCNC(=O)NC(=O)CN1CCC(C)C(CN)C1. The van der Waals surface area contributed by atoms with Crippen LogP contribution in [0.25, 0.3) is 0 Å². The van der Waals surface area contributed by atoms with Crippen LogP contribution >= 0.6 is 0 Å². The van der Waals surface area contributed by atoms with Gasteiger partial charge in [0.2, 0.25) is 5.91 Å². The van der Waals surface area contributed by atoms with Crippen molar-refractivity contribution in [3.63, 3.8) is 0 Å². The first-order valence-electron chi connectivity index (χ1n) is 7.06. The highest BCUT2D eigenvalue weighted by Gasteiger charge is 2.26. The summed E-state index contributed by atoms with van der Waals surface area (Å²) in [4.78, 5) is 25.1. The minimum Gasteiger partial charge on any atom is -0.338 e.